The van der Waals surface area contributed by atoms with Gasteiger partial charge in [-0.05, 0) is 35.9 Å². The first-order valence-electron chi connectivity index (χ1n) is 8.58. The average Bonchev–Trinajstić information content (AvgIpc) is 2.66. The molecule has 2 aromatic rings. The van der Waals surface area contributed by atoms with Crippen molar-refractivity contribution >= 4 is 32.3 Å². The summed E-state index contributed by atoms with van der Waals surface area (Å²) in [5.41, 5.74) is 5.85. The second-order valence-electron chi connectivity index (χ2n) is 6.31. The molecule has 11 heteroatoms. The summed E-state index contributed by atoms with van der Waals surface area (Å²) >= 11 is 0. The van der Waals surface area contributed by atoms with Crippen LogP contribution in [0.1, 0.15) is 5.56 Å². The highest BCUT2D eigenvalue weighted by atomic mass is 35.5. The number of benzene rings is 2. The van der Waals surface area contributed by atoms with Crippen LogP contribution in [0.2, 0.25) is 0 Å². The second kappa shape index (κ2) is 10.9. The first-order chi connectivity index (χ1) is 13.6. The summed E-state index contributed by atoms with van der Waals surface area (Å²) in [4.78, 5) is 0.00349. The van der Waals surface area contributed by atoms with Crippen LogP contribution in [0, 0.1) is 0 Å². The van der Waals surface area contributed by atoms with Gasteiger partial charge in [0.2, 0.25) is 10.0 Å². The molecule has 0 saturated heterocycles. The molecule has 0 aliphatic rings. The van der Waals surface area contributed by atoms with E-state index >= 15 is 0 Å². The third-order valence-corrected chi connectivity index (χ3v) is 7.44. The van der Waals surface area contributed by atoms with Crippen molar-refractivity contribution in [2.45, 2.75) is 16.4 Å². The Labute approximate surface area is 182 Å². The minimum atomic E-state index is -3.96. The molecular formula is C19H24ClFN2O5S2. The number of halogens is 2. The molecule has 0 fully saturated rings. The van der Waals surface area contributed by atoms with Crippen LogP contribution in [0.3, 0.4) is 0 Å². The number of ether oxygens (including phenoxy) is 1. The molecule has 0 radical (unpaired) electrons. The van der Waals surface area contributed by atoms with Crippen LogP contribution in [-0.4, -0.2) is 47.5 Å². The maximum Gasteiger partial charge on any atom is 0.242 e. The van der Waals surface area contributed by atoms with Gasteiger partial charge < -0.3 is 10.5 Å². The predicted octanol–water partition coefficient (Wildman–Crippen LogP) is 2.52. The molecule has 166 valence electrons. The van der Waals surface area contributed by atoms with Gasteiger partial charge in [-0.25, -0.2) is 25.5 Å². The van der Waals surface area contributed by atoms with E-state index in [1.165, 1.54) is 44.4 Å². The molecule has 0 saturated carbocycles. The fourth-order valence-corrected chi connectivity index (χ4v) is 4.66. The summed E-state index contributed by atoms with van der Waals surface area (Å²) in [5.74, 6) is -1.56. The summed E-state index contributed by atoms with van der Waals surface area (Å²) in [6, 6.07) is 12.0. The molecule has 0 heterocycles. The van der Waals surface area contributed by atoms with E-state index in [1.54, 1.807) is 18.2 Å². The minimum Gasteiger partial charge on any atom is -0.488 e. The highest BCUT2D eigenvalue weighted by Crippen LogP contribution is 2.27. The zero-order valence-corrected chi connectivity index (χ0v) is 18.9. The van der Waals surface area contributed by atoms with Gasteiger partial charge in [0.1, 0.15) is 28.8 Å². The number of hydrogen-bond acceptors (Lipinski definition) is 6. The predicted molar refractivity (Wildman–Crippen MR) is 116 cm³/mol. The lowest BCUT2D eigenvalue weighted by Gasteiger charge is -2.13. The molecule has 2 aromatic carbocycles. The zero-order chi connectivity index (χ0) is 21.7. The monoisotopic (exact) mass is 478 g/mol. The van der Waals surface area contributed by atoms with Gasteiger partial charge in [-0.15, -0.1) is 12.4 Å². The normalized spacial score (nSPS) is 12.5. The van der Waals surface area contributed by atoms with Crippen LogP contribution in [0.5, 0.6) is 5.75 Å². The van der Waals surface area contributed by atoms with Crippen LogP contribution in [0.15, 0.2) is 70.2 Å². The van der Waals surface area contributed by atoms with E-state index in [1.807, 2.05) is 0 Å². The van der Waals surface area contributed by atoms with Gasteiger partial charge in [-0.2, -0.15) is 0 Å². The number of nitrogens with zero attached hydrogens (tertiary/aromatic N) is 1. The van der Waals surface area contributed by atoms with E-state index < -0.39 is 31.4 Å². The molecule has 0 spiro atoms. The quantitative estimate of drug-likeness (QED) is 0.593. The molecule has 0 atom stereocenters. The van der Waals surface area contributed by atoms with Gasteiger partial charge in [-0.3, -0.25) is 0 Å². The van der Waals surface area contributed by atoms with Crippen molar-refractivity contribution in [3.8, 4) is 5.75 Å². The van der Waals surface area contributed by atoms with Gasteiger partial charge in [0.15, 0.2) is 9.84 Å². The Bertz CT molecular complexity index is 1090. The van der Waals surface area contributed by atoms with Crippen molar-refractivity contribution in [2.75, 3.05) is 26.4 Å². The number of para-hydroxylation sites is 1. The van der Waals surface area contributed by atoms with Crippen LogP contribution in [0.25, 0.3) is 0 Å². The van der Waals surface area contributed by atoms with E-state index in [4.69, 9.17) is 10.5 Å². The molecule has 0 amide bonds. The molecule has 0 unspecified atom stereocenters. The molecule has 0 bridgehead atoms. The van der Waals surface area contributed by atoms with E-state index in [9.17, 15) is 21.2 Å². The van der Waals surface area contributed by atoms with Crippen LogP contribution in [-0.2, 0) is 26.5 Å². The van der Waals surface area contributed by atoms with Crippen molar-refractivity contribution in [1.82, 2.24) is 4.31 Å². The lowest BCUT2D eigenvalue weighted by Crippen LogP contribution is -2.22. The number of hydrogen-bond donors (Lipinski definition) is 1. The smallest absolute Gasteiger partial charge is 0.242 e. The standard InChI is InChI=1S/C19H23FN2O5S2.ClH/c1-22(2)29(25,26)17-9-7-15(8-10-17)13-27-18-5-3-4-6-19(18)28(23,24)14-16(20)11-12-21;/h3-11H,12-14,21H2,1-2H3;1H. The van der Waals surface area contributed by atoms with E-state index in [0.717, 1.165) is 10.4 Å². The second-order valence-corrected chi connectivity index (χ2v) is 10.4. The fourth-order valence-electron chi connectivity index (χ4n) is 2.40. The number of rotatable bonds is 9. The lowest BCUT2D eigenvalue weighted by molar-refractivity contribution is 0.298. The lowest BCUT2D eigenvalue weighted by atomic mass is 10.2. The van der Waals surface area contributed by atoms with Crippen molar-refractivity contribution in [3.63, 3.8) is 0 Å². The van der Waals surface area contributed by atoms with Gasteiger partial charge in [0.25, 0.3) is 0 Å². The third-order valence-electron chi connectivity index (χ3n) is 3.95. The summed E-state index contributed by atoms with van der Waals surface area (Å²) in [7, 11) is -4.62. The van der Waals surface area contributed by atoms with Gasteiger partial charge in [0.05, 0.1) is 4.90 Å². The molecule has 2 N–H and O–H groups in total. The highest BCUT2D eigenvalue weighted by molar-refractivity contribution is 7.91. The molecule has 0 aliphatic carbocycles. The Morgan fingerprint density at radius 2 is 1.67 bits per heavy atom. The van der Waals surface area contributed by atoms with Crippen molar-refractivity contribution < 1.29 is 26.0 Å². The molecule has 0 aliphatic heterocycles. The highest BCUT2D eigenvalue weighted by Gasteiger charge is 2.22. The van der Waals surface area contributed by atoms with Crippen LogP contribution in [0.4, 0.5) is 4.39 Å². The van der Waals surface area contributed by atoms with E-state index in [2.05, 4.69) is 0 Å². The average molecular weight is 479 g/mol. The third kappa shape index (κ3) is 6.51. The Morgan fingerprint density at radius 1 is 1.07 bits per heavy atom. The van der Waals surface area contributed by atoms with Gasteiger partial charge in [0, 0.05) is 20.6 Å². The number of nitrogens with two attached hydrogens (primary N) is 1. The SMILES string of the molecule is CN(C)S(=O)(=O)c1ccc(COc2ccccc2S(=O)(=O)CC(F)=CCN)cc1.Cl. The Hall–Kier alpha value is -1.98. The largest absolute Gasteiger partial charge is 0.488 e. The molecule has 30 heavy (non-hydrogen) atoms. The van der Waals surface area contributed by atoms with Crippen molar-refractivity contribution in [2.24, 2.45) is 5.73 Å². The van der Waals surface area contributed by atoms with Crippen LogP contribution < -0.4 is 10.5 Å². The van der Waals surface area contributed by atoms with Gasteiger partial charge in [-0.1, -0.05) is 24.3 Å². The Kier molecular flexibility index (Phi) is 9.44. The molecule has 2 rings (SSSR count). The van der Waals surface area contributed by atoms with Gasteiger partial charge >= 0.3 is 0 Å². The van der Waals surface area contributed by atoms with Crippen LogP contribution >= 0.6 is 12.4 Å². The number of sulfone groups is 1. The molecular weight excluding hydrogens is 455 g/mol. The first-order valence-corrected chi connectivity index (χ1v) is 11.7. The number of sulfonamides is 1. The topological polar surface area (TPSA) is 107 Å². The molecule has 7 nitrogen and oxygen atoms in total. The summed E-state index contributed by atoms with van der Waals surface area (Å²) in [6.07, 6.45) is 1.00. The first kappa shape index (κ1) is 26.1. The van der Waals surface area contributed by atoms with E-state index in [0.29, 0.717) is 5.56 Å². The van der Waals surface area contributed by atoms with Crippen molar-refractivity contribution in [3.05, 3.63) is 66.0 Å². The Morgan fingerprint density at radius 3 is 2.23 bits per heavy atom. The maximum atomic E-state index is 13.7. The zero-order valence-electron chi connectivity index (χ0n) is 16.5. The minimum absolute atomic E-state index is 0. The molecule has 0 aromatic heterocycles. The summed E-state index contributed by atoms with van der Waals surface area (Å²) < 4.78 is 69.6. The maximum absolute atomic E-state index is 13.7. The summed E-state index contributed by atoms with van der Waals surface area (Å²) in [5, 5.41) is 0. The van der Waals surface area contributed by atoms with Crippen molar-refractivity contribution in [1.29, 1.82) is 0 Å². The fraction of sp³-hybridized carbons (Fsp3) is 0.263. The summed E-state index contributed by atoms with van der Waals surface area (Å²) in [6.45, 7) is -0.0883. The Balaban J connectivity index is 0.00000450. The van der Waals surface area contributed by atoms with E-state index in [-0.39, 0.29) is 41.1 Å².